The Morgan fingerprint density at radius 2 is 2.28 bits per heavy atom. The van der Waals surface area contributed by atoms with Gasteiger partial charge < -0.3 is 9.73 Å². The Balaban J connectivity index is 1.94. The maximum absolute atomic E-state index is 11.8. The summed E-state index contributed by atoms with van der Waals surface area (Å²) < 4.78 is 5.01. The lowest BCUT2D eigenvalue weighted by Gasteiger charge is -1.99. The van der Waals surface area contributed by atoms with Gasteiger partial charge in [0.1, 0.15) is 0 Å². The number of fused-ring (bicyclic) bond motifs is 1. The molecule has 2 N–H and O–H groups in total. The molecule has 18 heavy (non-hydrogen) atoms. The van der Waals surface area contributed by atoms with Crippen LogP contribution in [0, 0.1) is 6.92 Å². The molecule has 0 saturated carbocycles. The minimum Gasteiger partial charge on any atom is -0.459 e. The molecule has 0 radical (unpaired) electrons. The van der Waals surface area contributed by atoms with E-state index in [0.717, 1.165) is 11.1 Å². The lowest BCUT2D eigenvalue weighted by atomic mass is 10.3. The molecule has 0 spiro atoms. The van der Waals surface area contributed by atoms with Crippen LogP contribution in [0.3, 0.4) is 0 Å². The number of rotatable bonds is 2. The second kappa shape index (κ2) is 3.99. The van der Waals surface area contributed by atoms with Crippen molar-refractivity contribution in [1.82, 2.24) is 15.2 Å². The van der Waals surface area contributed by atoms with Gasteiger partial charge in [0.2, 0.25) is 0 Å². The predicted molar refractivity (Wildman–Crippen MR) is 65.3 cm³/mol. The number of furan rings is 1. The van der Waals surface area contributed by atoms with Gasteiger partial charge in [0.25, 0.3) is 5.91 Å². The van der Waals surface area contributed by atoms with E-state index in [-0.39, 0.29) is 11.7 Å². The van der Waals surface area contributed by atoms with Gasteiger partial charge in [-0.1, -0.05) is 0 Å². The Morgan fingerprint density at radius 3 is 3.06 bits per heavy atom. The molecule has 1 amide bonds. The van der Waals surface area contributed by atoms with Gasteiger partial charge in [0.05, 0.1) is 11.6 Å². The number of carbonyl (C=O) groups excluding carboxylic acids is 1. The summed E-state index contributed by atoms with van der Waals surface area (Å²) in [5.41, 5.74) is 1.53. The highest BCUT2D eigenvalue weighted by Gasteiger charge is 2.13. The van der Waals surface area contributed by atoms with Gasteiger partial charge in [-0.25, -0.2) is 4.98 Å². The van der Waals surface area contributed by atoms with Crippen LogP contribution in [0.4, 0.5) is 5.82 Å². The molecule has 90 valence electrons. The fraction of sp³-hybridized carbons (Fsp3) is 0.0833. The lowest BCUT2D eigenvalue weighted by molar-refractivity contribution is 0.0996. The van der Waals surface area contributed by atoms with Crippen molar-refractivity contribution in [2.45, 2.75) is 6.92 Å². The third-order valence-corrected chi connectivity index (χ3v) is 2.54. The molecule has 0 fully saturated rings. The molecule has 0 saturated heterocycles. The van der Waals surface area contributed by atoms with Crippen LogP contribution in [0.15, 0.2) is 34.9 Å². The Hall–Kier alpha value is -2.63. The molecular formula is C12H10N4O2. The monoisotopic (exact) mass is 242 g/mol. The number of amides is 1. The average molecular weight is 242 g/mol. The molecule has 0 aliphatic carbocycles. The maximum atomic E-state index is 11.8. The third-order valence-electron chi connectivity index (χ3n) is 2.54. The zero-order chi connectivity index (χ0) is 12.5. The zero-order valence-electron chi connectivity index (χ0n) is 9.60. The van der Waals surface area contributed by atoms with Crippen LogP contribution < -0.4 is 5.32 Å². The van der Waals surface area contributed by atoms with Gasteiger partial charge in [-0.3, -0.25) is 9.89 Å². The van der Waals surface area contributed by atoms with E-state index in [2.05, 4.69) is 20.5 Å². The van der Waals surface area contributed by atoms with Crippen molar-refractivity contribution >= 4 is 22.8 Å². The number of aromatic amines is 1. The van der Waals surface area contributed by atoms with Crippen LogP contribution in [-0.4, -0.2) is 21.1 Å². The van der Waals surface area contributed by atoms with E-state index in [4.69, 9.17) is 4.42 Å². The minimum absolute atomic E-state index is 0.242. The summed E-state index contributed by atoms with van der Waals surface area (Å²) in [5.74, 6) is 0.346. The molecule has 0 aromatic carbocycles. The number of pyridine rings is 1. The number of hydrogen-bond donors (Lipinski definition) is 2. The summed E-state index contributed by atoms with van der Waals surface area (Å²) in [6, 6.07) is 6.97. The number of nitrogens with zero attached hydrogens (tertiary/aromatic N) is 2. The molecule has 3 aromatic rings. The van der Waals surface area contributed by atoms with Crippen molar-refractivity contribution in [1.29, 1.82) is 0 Å². The summed E-state index contributed by atoms with van der Waals surface area (Å²) in [6.07, 6.45) is 1.45. The number of carbonyl (C=O) groups is 1. The van der Waals surface area contributed by atoms with Crippen molar-refractivity contribution < 1.29 is 9.21 Å². The average Bonchev–Trinajstić information content (AvgIpc) is 2.98. The fourth-order valence-corrected chi connectivity index (χ4v) is 1.67. The topological polar surface area (TPSA) is 83.8 Å². The highest BCUT2D eigenvalue weighted by molar-refractivity contribution is 6.05. The molecular weight excluding hydrogens is 232 g/mol. The number of nitrogens with one attached hydrogen (secondary N) is 2. The van der Waals surface area contributed by atoms with Crippen LogP contribution in [0.25, 0.3) is 11.0 Å². The zero-order valence-corrected chi connectivity index (χ0v) is 9.60. The van der Waals surface area contributed by atoms with Crippen LogP contribution in [0.2, 0.25) is 0 Å². The van der Waals surface area contributed by atoms with Crippen LogP contribution >= 0.6 is 0 Å². The second-order valence-electron chi connectivity index (χ2n) is 3.85. The van der Waals surface area contributed by atoms with Crippen molar-refractivity contribution in [2.24, 2.45) is 0 Å². The van der Waals surface area contributed by atoms with Crippen molar-refractivity contribution in [3.8, 4) is 0 Å². The van der Waals surface area contributed by atoms with Crippen LogP contribution in [-0.2, 0) is 0 Å². The largest absolute Gasteiger partial charge is 0.459 e. The van der Waals surface area contributed by atoms with Gasteiger partial charge in [0, 0.05) is 5.69 Å². The maximum Gasteiger partial charge on any atom is 0.292 e. The van der Waals surface area contributed by atoms with Crippen molar-refractivity contribution in [3.05, 3.63) is 42.0 Å². The first-order valence-electron chi connectivity index (χ1n) is 5.40. The molecule has 3 aromatic heterocycles. The summed E-state index contributed by atoms with van der Waals surface area (Å²) in [7, 11) is 0. The second-order valence-corrected chi connectivity index (χ2v) is 3.85. The van der Waals surface area contributed by atoms with E-state index in [1.54, 1.807) is 12.1 Å². The van der Waals surface area contributed by atoms with Gasteiger partial charge in [-0.05, 0) is 31.2 Å². The number of anilines is 1. The molecule has 0 aliphatic rings. The van der Waals surface area contributed by atoms with Gasteiger partial charge in [0.15, 0.2) is 17.2 Å². The van der Waals surface area contributed by atoms with Crippen molar-refractivity contribution in [3.63, 3.8) is 0 Å². The third kappa shape index (κ3) is 1.73. The Kier molecular flexibility index (Phi) is 2.33. The van der Waals surface area contributed by atoms with E-state index in [1.165, 1.54) is 6.26 Å². The summed E-state index contributed by atoms with van der Waals surface area (Å²) >= 11 is 0. The normalized spacial score (nSPS) is 10.7. The first-order chi connectivity index (χ1) is 8.74. The number of aryl methyl sites for hydroxylation is 1. The highest BCUT2D eigenvalue weighted by Crippen LogP contribution is 2.19. The smallest absolute Gasteiger partial charge is 0.292 e. The standard InChI is InChI=1S/C12H10N4O2/c1-7-4-5-8-10(13-7)15-16-11(8)14-12(17)9-3-2-6-18-9/h2-6H,1H3,(H2,13,14,15,16,17). The summed E-state index contributed by atoms with van der Waals surface area (Å²) in [4.78, 5) is 16.1. The molecule has 0 atom stereocenters. The van der Waals surface area contributed by atoms with Crippen LogP contribution in [0.1, 0.15) is 16.2 Å². The molecule has 6 nitrogen and oxygen atoms in total. The van der Waals surface area contributed by atoms with Gasteiger partial charge in [-0.2, -0.15) is 5.10 Å². The highest BCUT2D eigenvalue weighted by atomic mass is 16.3. The SMILES string of the molecule is Cc1ccc2c(NC(=O)c3ccco3)n[nH]c2n1. The summed E-state index contributed by atoms with van der Waals surface area (Å²) in [5, 5.41) is 10.2. The Bertz CT molecular complexity index is 700. The number of aromatic nitrogens is 3. The van der Waals surface area contributed by atoms with E-state index < -0.39 is 0 Å². The van der Waals surface area contributed by atoms with E-state index in [0.29, 0.717) is 11.5 Å². The molecule has 3 heterocycles. The Labute approximate surface area is 102 Å². The molecule has 3 rings (SSSR count). The predicted octanol–water partition coefficient (Wildman–Crippen LogP) is 2.11. The Morgan fingerprint density at radius 1 is 1.39 bits per heavy atom. The van der Waals surface area contributed by atoms with Crippen LogP contribution in [0.5, 0.6) is 0 Å². The minimum atomic E-state index is -0.339. The molecule has 6 heteroatoms. The first kappa shape index (κ1) is 10.5. The van der Waals surface area contributed by atoms with Gasteiger partial charge >= 0.3 is 0 Å². The molecule has 0 aliphatic heterocycles. The van der Waals surface area contributed by atoms with E-state index in [9.17, 15) is 4.79 Å². The van der Waals surface area contributed by atoms with E-state index in [1.807, 2.05) is 19.1 Å². The molecule has 0 bridgehead atoms. The lowest BCUT2D eigenvalue weighted by Crippen LogP contribution is -2.11. The van der Waals surface area contributed by atoms with Gasteiger partial charge in [-0.15, -0.1) is 0 Å². The molecule has 0 unspecified atom stereocenters. The summed E-state index contributed by atoms with van der Waals surface area (Å²) in [6.45, 7) is 1.89. The van der Waals surface area contributed by atoms with Crippen molar-refractivity contribution in [2.75, 3.05) is 5.32 Å². The number of hydrogen-bond acceptors (Lipinski definition) is 4. The number of H-pyrrole nitrogens is 1. The quantitative estimate of drug-likeness (QED) is 0.720. The van der Waals surface area contributed by atoms with E-state index >= 15 is 0 Å². The fourth-order valence-electron chi connectivity index (χ4n) is 1.67. The first-order valence-corrected chi connectivity index (χ1v) is 5.40.